The third kappa shape index (κ3) is 3.30. The van der Waals surface area contributed by atoms with Crippen molar-refractivity contribution in [3.05, 3.63) is 28.1 Å². The number of nitro groups is 1. The number of aromatic carboxylic acids is 1. The second-order valence-corrected chi connectivity index (χ2v) is 4.55. The Morgan fingerprint density at radius 3 is 2.67 bits per heavy atom. The van der Waals surface area contributed by atoms with Crippen LogP contribution in [0.4, 0.5) is 5.69 Å². The first-order chi connectivity index (χ1) is 8.26. The van der Waals surface area contributed by atoms with Crippen molar-refractivity contribution in [1.29, 1.82) is 0 Å². The number of nitrogens with zero attached hydrogens (tertiary/aromatic N) is 2. The van der Waals surface area contributed by atoms with E-state index in [0.29, 0.717) is 13.0 Å². The van der Waals surface area contributed by atoms with Crippen molar-refractivity contribution in [2.24, 2.45) is 0 Å². The zero-order valence-electron chi connectivity index (χ0n) is 10.5. The zero-order chi connectivity index (χ0) is 13.9. The summed E-state index contributed by atoms with van der Waals surface area (Å²) in [4.78, 5) is 21.0. The molecule has 1 aromatic rings. The summed E-state index contributed by atoms with van der Waals surface area (Å²) in [6.07, 6.45) is 1.78. The number of carbonyl (C=O) groups is 1. The fourth-order valence-electron chi connectivity index (χ4n) is 1.45. The molecule has 0 bridgehead atoms. The van der Waals surface area contributed by atoms with E-state index < -0.39 is 16.5 Å². The van der Waals surface area contributed by atoms with Gasteiger partial charge in [0.1, 0.15) is 5.69 Å². The number of hydrogen-bond acceptors (Lipinski definition) is 4. The molecule has 0 radical (unpaired) electrons. The third-order valence-corrected chi connectivity index (χ3v) is 2.82. The van der Waals surface area contributed by atoms with Gasteiger partial charge >= 0.3 is 5.97 Å². The normalized spacial score (nSPS) is 11.5. The summed E-state index contributed by atoms with van der Waals surface area (Å²) in [6.45, 7) is 4.08. The fraction of sp³-hybridized carbons (Fsp3) is 0.545. The smallest absolute Gasteiger partial charge is 0.352 e. The van der Waals surface area contributed by atoms with Crippen molar-refractivity contribution in [2.45, 2.75) is 32.4 Å². The SMILES string of the molecule is COC(C)(C)CCn1cc([N+](=O)[O-])cc1C(=O)O. The van der Waals surface area contributed by atoms with Gasteiger partial charge in [-0.05, 0) is 20.3 Å². The molecule has 1 heterocycles. The van der Waals surface area contributed by atoms with Crippen LogP contribution in [0.5, 0.6) is 0 Å². The van der Waals surface area contributed by atoms with Crippen LogP contribution in [0.3, 0.4) is 0 Å². The first-order valence-electron chi connectivity index (χ1n) is 5.40. The molecule has 0 aliphatic heterocycles. The lowest BCUT2D eigenvalue weighted by atomic mass is 10.1. The summed E-state index contributed by atoms with van der Waals surface area (Å²) in [5.74, 6) is -1.18. The van der Waals surface area contributed by atoms with Gasteiger partial charge in [0.05, 0.1) is 16.7 Å². The molecule has 0 fully saturated rings. The van der Waals surface area contributed by atoms with Crippen molar-refractivity contribution in [3.63, 3.8) is 0 Å². The fourth-order valence-corrected chi connectivity index (χ4v) is 1.45. The van der Waals surface area contributed by atoms with E-state index in [9.17, 15) is 14.9 Å². The highest BCUT2D eigenvalue weighted by Crippen LogP contribution is 2.20. The summed E-state index contributed by atoms with van der Waals surface area (Å²) < 4.78 is 6.58. The minimum atomic E-state index is -1.18. The van der Waals surface area contributed by atoms with E-state index in [4.69, 9.17) is 9.84 Å². The van der Waals surface area contributed by atoms with Crippen molar-refractivity contribution >= 4 is 11.7 Å². The molecule has 0 atom stereocenters. The van der Waals surface area contributed by atoms with E-state index in [1.807, 2.05) is 13.8 Å². The highest BCUT2D eigenvalue weighted by atomic mass is 16.6. The van der Waals surface area contributed by atoms with Crippen LogP contribution in [0.1, 0.15) is 30.8 Å². The molecule has 1 aromatic heterocycles. The molecule has 0 aliphatic carbocycles. The maximum atomic E-state index is 11.0. The van der Waals surface area contributed by atoms with Crippen LogP contribution in [0, 0.1) is 10.1 Å². The molecule has 0 amide bonds. The Hall–Kier alpha value is -1.89. The molecule has 0 saturated heterocycles. The number of methoxy groups -OCH3 is 1. The Morgan fingerprint density at radius 2 is 2.22 bits per heavy atom. The van der Waals surface area contributed by atoms with Crippen LogP contribution >= 0.6 is 0 Å². The standard InChI is InChI=1S/C11H16N2O5/c1-11(2,18-3)4-5-12-7-8(13(16)17)6-9(12)10(14)15/h6-7H,4-5H2,1-3H3,(H,14,15). The van der Waals surface area contributed by atoms with E-state index in [2.05, 4.69) is 0 Å². The Kier molecular flexibility index (Phi) is 4.07. The average molecular weight is 256 g/mol. The molecule has 18 heavy (non-hydrogen) atoms. The van der Waals surface area contributed by atoms with Crippen molar-refractivity contribution in [2.75, 3.05) is 7.11 Å². The van der Waals surface area contributed by atoms with Crippen LogP contribution in [0.25, 0.3) is 0 Å². The van der Waals surface area contributed by atoms with Gasteiger partial charge in [-0.2, -0.15) is 0 Å². The maximum absolute atomic E-state index is 11.0. The predicted molar refractivity (Wildman–Crippen MR) is 63.8 cm³/mol. The van der Waals surface area contributed by atoms with Crippen LogP contribution in [0.2, 0.25) is 0 Å². The first-order valence-corrected chi connectivity index (χ1v) is 5.40. The molecule has 0 saturated carbocycles. The van der Waals surface area contributed by atoms with E-state index in [1.165, 1.54) is 10.8 Å². The lowest BCUT2D eigenvalue weighted by Crippen LogP contribution is -2.25. The van der Waals surface area contributed by atoms with Crippen LogP contribution in [-0.4, -0.2) is 33.3 Å². The van der Waals surface area contributed by atoms with E-state index in [-0.39, 0.29) is 11.4 Å². The van der Waals surface area contributed by atoms with Crippen LogP contribution in [-0.2, 0) is 11.3 Å². The molecular formula is C11H16N2O5. The third-order valence-electron chi connectivity index (χ3n) is 2.82. The highest BCUT2D eigenvalue weighted by Gasteiger charge is 2.21. The zero-order valence-corrected chi connectivity index (χ0v) is 10.5. The molecule has 1 rings (SSSR count). The Labute approximate surface area is 104 Å². The van der Waals surface area contributed by atoms with Gasteiger partial charge in [-0.3, -0.25) is 10.1 Å². The Bertz CT molecular complexity index is 464. The minimum absolute atomic E-state index is 0.0893. The largest absolute Gasteiger partial charge is 0.477 e. The van der Waals surface area contributed by atoms with Gasteiger partial charge < -0.3 is 14.4 Å². The Morgan fingerprint density at radius 1 is 1.61 bits per heavy atom. The van der Waals surface area contributed by atoms with Crippen molar-refractivity contribution in [1.82, 2.24) is 4.57 Å². The number of rotatable bonds is 6. The van der Waals surface area contributed by atoms with Gasteiger partial charge in [-0.1, -0.05) is 0 Å². The monoisotopic (exact) mass is 256 g/mol. The average Bonchev–Trinajstić information content (AvgIpc) is 2.71. The summed E-state index contributed by atoms with van der Waals surface area (Å²) in [6, 6.07) is 1.06. The van der Waals surface area contributed by atoms with E-state index in [0.717, 1.165) is 6.07 Å². The lowest BCUT2D eigenvalue weighted by molar-refractivity contribution is -0.384. The number of carboxylic acid groups (broad SMARTS) is 1. The molecular weight excluding hydrogens is 240 g/mol. The summed E-state index contributed by atoms with van der Waals surface area (Å²) >= 11 is 0. The summed E-state index contributed by atoms with van der Waals surface area (Å²) in [7, 11) is 1.57. The van der Waals surface area contributed by atoms with Gasteiger partial charge in [0.15, 0.2) is 0 Å². The van der Waals surface area contributed by atoms with Gasteiger partial charge in [0, 0.05) is 19.7 Å². The second-order valence-electron chi connectivity index (χ2n) is 4.55. The quantitative estimate of drug-likeness (QED) is 0.619. The summed E-state index contributed by atoms with van der Waals surface area (Å²) in [5.41, 5.74) is -0.717. The Balaban J connectivity index is 2.93. The molecule has 0 aliphatic rings. The van der Waals surface area contributed by atoms with Gasteiger partial charge in [0.2, 0.25) is 0 Å². The highest BCUT2D eigenvalue weighted by molar-refractivity contribution is 5.86. The van der Waals surface area contributed by atoms with Crippen LogP contribution in [0.15, 0.2) is 12.3 Å². The molecule has 0 spiro atoms. The van der Waals surface area contributed by atoms with Gasteiger partial charge in [-0.15, -0.1) is 0 Å². The molecule has 0 unspecified atom stereocenters. The van der Waals surface area contributed by atoms with E-state index >= 15 is 0 Å². The number of carboxylic acids is 1. The predicted octanol–water partition coefficient (Wildman–Crippen LogP) is 1.91. The molecule has 7 heteroatoms. The molecule has 7 nitrogen and oxygen atoms in total. The number of aromatic nitrogens is 1. The number of aryl methyl sites for hydroxylation is 1. The van der Waals surface area contributed by atoms with Crippen LogP contribution < -0.4 is 0 Å². The summed E-state index contributed by atoms with van der Waals surface area (Å²) in [5, 5.41) is 19.6. The first kappa shape index (κ1) is 14.2. The number of hydrogen-bond donors (Lipinski definition) is 1. The van der Waals surface area contributed by atoms with Gasteiger partial charge in [-0.25, -0.2) is 4.79 Å². The van der Waals surface area contributed by atoms with Crippen molar-refractivity contribution in [3.8, 4) is 0 Å². The lowest BCUT2D eigenvalue weighted by Gasteiger charge is -2.23. The maximum Gasteiger partial charge on any atom is 0.352 e. The van der Waals surface area contributed by atoms with E-state index in [1.54, 1.807) is 7.11 Å². The topological polar surface area (TPSA) is 94.6 Å². The van der Waals surface area contributed by atoms with Gasteiger partial charge in [0.25, 0.3) is 5.69 Å². The molecule has 0 aromatic carbocycles. The molecule has 100 valence electrons. The minimum Gasteiger partial charge on any atom is -0.477 e. The second kappa shape index (κ2) is 5.18. The number of ether oxygens (including phenoxy) is 1. The van der Waals surface area contributed by atoms with Crippen molar-refractivity contribution < 1.29 is 19.6 Å². The molecule has 1 N–H and O–H groups in total.